The van der Waals surface area contributed by atoms with E-state index in [1.54, 1.807) is 6.20 Å². The average molecular weight is 260 g/mol. The number of ether oxygens (including phenoxy) is 1. The first-order chi connectivity index (χ1) is 9.09. The summed E-state index contributed by atoms with van der Waals surface area (Å²) in [5.74, 6) is 0.656. The van der Waals surface area contributed by atoms with Gasteiger partial charge in [0.2, 0.25) is 5.88 Å². The van der Waals surface area contributed by atoms with E-state index in [0.717, 1.165) is 17.8 Å². The summed E-state index contributed by atoms with van der Waals surface area (Å²) in [6.07, 6.45) is 2.54. The third-order valence-electron chi connectivity index (χ3n) is 2.90. The number of anilines is 1. The lowest BCUT2D eigenvalue weighted by Crippen LogP contribution is -2.10. The summed E-state index contributed by atoms with van der Waals surface area (Å²) in [6.45, 7) is 6.54. The molecule has 0 atom stereocenters. The fourth-order valence-electron chi connectivity index (χ4n) is 1.83. The van der Waals surface area contributed by atoms with Gasteiger partial charge in [-0.2, -0.15) is 5.10 Å². The van der Waals surface area contributed by atoms with Crippen molar-refractivity contribution in [1.29, 1.82) is 0 Å². The Labute approximate surface area is 113 Å². The molecule has 2 N–H and O–H groups in total. The van der Waals surface area contributed by atoms with Gasteiger partial charge < -0.3 is 10.5 Å². The van der Waals surface area contributed by atoms with Crippen LogP contribution in [0.1, 0.15) is 31.3 Å². The smallest absolute Gasteiger partial charge is 0.236 e. The Morgan fingerprint density at radius 3 is 2.79 bits per heavy atom. The Hall–Kier alpha value is -2.04. The third kappa shape index (κ3) is 3.05. The van der Waals surface area contributed by atoms with Crippen LogP contribution >= 0.6 is 0 Å². The minimum atomic E-state index is 0.223. The molecule has 2 aromatic heterocycles. The molecule has 0 aromatic carbocycles. The molecule has 0 fully saturated rings. The van der Waals surface area contributed by atoms with Crippen molar-refractivity contribution >= 4 is 5.69 Å². The summed E-state index contributed by atoms with van der Waals surface area (Å²) < 4.78 is 7.61. The van der Waals surface area contributed by atoms with E-state index in [4.69, 9.17) is 10.5 Å². The molecule has 0 aliphatic heterocycles. The molecule has 5 heteroatoms. The summed E-state index contributed by atoms with van der Waals surface area (Å²) in [7, 11) is 0. The van der Waals surface area contributed by atoms with Gasteiger partial charge in [0.25, 0.3) is 0 Å². The quantitative estimate of drug-likeness (QED) is 0.896. The number of pyridine rings is 1. The normalized spacial score (nSPS) is 10.9. The highest BCUT2D eigenvalue weighted by Gasteiger charge is 2.15. The van der Waals surface area contributed by atoms with Crippen molar-refractivity contribution < 1.29 is 4.74 Å². The molecule has 19 heavy (non-hydrogen) atoms. The Morgan fingerprint density at radius 1 is 1.37 bits per heavy atom. The van der Waals surface area contributed by atoms with E-state index in [1.165, 1.54) is 0 Å². The van der Waals surface area contributed by atoms with E-state index < -0.39 is 0 Å². The molecule has 2 aromatic rings. The SMILES string of the molecule is Cc1nn(C(C)C)c(OCCc2ccccn2)c1N. The van der Waals surface area contributed by atoms with Gasteiger partial charge >= 0.3 is 0 Å². The molecule has 0 unspecified atom stereocenters. The van der Waals surface area contributed by atoms with Crippen molar-refractivity contribution in [1.82, 2.24) is 14.8 Å². The van der Waals surface area contributed by atoms with Crippen LogP contribution in [0.4, 0.5) is 5.69 Å². The van der Waals surface area contributed by atoms with Gasteiger partial charge in [-0.25, -0.2) is 4.68 Å². The topological polar surface area (TPSA) is 66.0 Å². The highest BCUT2D eigenvalue weighted by atomic mass is 16.5. The number of aromatic nitrogens is 3. The Kier molecular flexibility index (Phi) is 4.04. The fraction of sp³-hybridized carbons (Fsp3) is 0.429. The molecule has 0 saturated heterocycles. The highest BCUT2D eigenvalue weighted by molar-refractivity contribution is 5.52. The van der Waals surface area contributed by atoms with Crippen molar-refractivity contribution in [2.24, 2.45) is 0 Å². The summed E-state index contributed by atoms with van der Waals surface area (Å²) >= 11 is 0. The molecule has 2 rings (SSSR count). The van der Waals surface area contributed by atoms with Crippen LogP contribution in [-0.2, 0) is 6.42 Å². The Morgan fingerprint density at radius 2 is 2.16 bits per heavy atom. The Bertz CT molecular complexity index is 534. The van der Waals surface area contributed by atoms with Crippen LogP contribution in [0.15, 0.2) is 24.4 Å². The molecule has 0 bridgehead atoms. The van der Waals surface area contributed by atoms with E-state index in [2.05, 4.69) is 23.9 Å². The van der Waals surface area contributed by atoms with E-state index in [0.29, 0.717) is 18.2 Å². The Balaban J connectivity index is 2.03. The standard InChI is InChI=1S/C14H20N4O/c1-10(2)18-14(13(15)11(3)17-18)19-9-7-12-6-4-5-8-16-12/h4-6,8,10H,7,9,15H2,1-3H3. The molecular formula is C14H20N4O. The van der Waals surface area contributed by atoms with Gasteiger partial charge in [0, 0.05) is 18.3 Å². The van der Waals surface area contributed by atoms with Crippen molar-refractivity contribution in [3.8, 4) is 5.88 Å². The monoisotopic (exact) mass is 260 g/mol. The first-order valence-electron chi connectivity index (χ1n) is 6.47. The van der Waals surface area contributed by atoms with Crippen LogP contribution in [0.3, 0.4) is 0 Å². The molecule has 0 aliphatic rings. The zero-order valence-electron chi connectivity index (χ0n) is 11.6. The third-order valence-corrected chi connectivity index (χ3v) is 2.90. The number of nitrogens with zero attached hydrogens (tertiary/aromatic N) is 3. The molecule has 2 heterocycles. The van der Waals surface area contributed by atoms with Gasteiger partial charge in [0.1, 0.15) is 5.69 Å². The van der Waals surface area contributed by atoms with Crippen LogP contribution in [0, 0.1) is 6.92 Å². The van der Waals surface area contributed by atoms with Gasteiger partial charge in [-0.1, -0.05) is 6.07 Å². The van der Waals surface area contributed by atoms with E-state index in [9.17, 15) is 0 Å². The second kappa shape index (κ2) is 5.73. The van der Waals surface area contributed by atoms with Gasteiger partial charge in [0.05, 0.1) is 18.3 Å². The summed E-state index contributed by atoms with van der Waals surface area (Å²) in [5.41, 5.74) is 8.43. The number of aryl methyl sites for hydroxylation is 1. The van der Waals surface area contributed by atoms with Crippen molar-refractivity contribution in [3.63, 3.8) is 0 Å². The number of nitrogens with two attached hydrogens (primary N) is 1. The maximum Gasteiger partial charge on any atom is 0.236 e. The maximum atomic E-state index is 6.00. The van der Waals surface area contributed by atoms with Gasteiger partial charge in [-0.15, -0.1) is 0 Å². The summed E-state index contributed by atoms with van der Waals surface area (Å²) in [5, 5.41) is 4.39. The first-order valence-corrected chi connectivity index (χ1v) is 6.47. The van der Waals surface area contributed by atoms with E-state index in [1.807, 2.05) is 29.8 Å². The minimum Gasteiger partial charge on any atom is -0.476 e. The van der Waals surface area contributed by atoms with Gasteiger partial charge in [0.15, 0.2) is 0 Å². The number of rotatable bonds is 5. The van der Waals surface area contributed by atoms with Crippen LogP contribution in [0.5, 0.6) is 5.88 Å². The van der Waals surface area contributed by atoms with Crippen LogP contribution < -0.4 is 10.5 Å². The summed E-state index contributed by atoms with van der Waals surface area (Å²) in [4.78, 5) is 4.26. The lowest BCUT2D eigenvalue weighted by atomic mass is 10.3. The zero-order chi connectivity index (χ0) is 13.8. The van der Waals surface area contributed by atoms with E-state index >= 15 is 0 Å². The number of hydrogen-bond donors (Lipinski definition) is 1. The van der Waals surface area contributed by atoms with Crippen LogP contribution in [-0.4, -0.2) is 21.4 Å². The zero-order valence-corrected chi connectivity index (χ0v) is 11.6. The molecule has 0 saturated carbocycles. The first kappa shape index (κ1) is 13.4. The molecule has 0 amide bonds. The van der Waals surface area contributed by atoms with E-state index in [-0.39, 0.29) is 6.04 Å². The highest BCUT2D eigenvalue weighted by Crippen LogP contribution is 2.27. The number of hydrogen-bond acceptors (Lipinski definition) is 4. The van der Waals surface area contributed by atoms with Crippen LogP contribution in [0.25, 0.3) is 0 Å². The van der Waals surface area contributed by atoms with Gasteiger partial charge in [-0.05, 0) is 32.9 Å². The molecule has 0 radical (unpaired) electrons. The lowest BCUT2D eigenvalue weighted by molar-refractivity contribution is 0.279. The molecule has 5 nitrogen and oxygen atoms in total. The van der Waals surface area contributed by atoms with Crippen molar-refractivity contribution in [2.45, 2.75) is 33.2 Å². The lowest BCUT2D eigenvalue weighted by Gasteiger charge is -2.12. The second-order valence-electron chi connectivity index (χ2n) is 4.76. The van der Waals surface area contributed by atoms with Crippen molar-refractivity contribution in [2.75, 3.05) is 12.3 Å². The second-order valence-corrected chi connectivity index (χ2v) is 4.76. The maximum absolute atomic E-state index is 6.00. The van der Waals surface area contributed by atoms with Crippen LogP contribution in [0.2, 0.25) is 0 Å². The van der Waals surface area contributed by atoms with Gasteiger partial charge in [-0.3, -0.25) is 4.98 Å². The fourth-order valence-corrected chi connectivity index (χ4v) is 1.83. The predicted octanol–water partition coefficient (Wildman–Crippen LogP) is 2.37. The summed E-state index contributed by atoms with van der Waals surface area (Å²) in [6, 6.07) is 6.08. The van der Waals surface area contributed by atoms with Crippen molar-refractivity contribution in [3.05, 3.63) is 35.8 Å². The molecule has 102 valence electrons. The molecule has 0 aliphatic carbocycles. The molecular weight excluding hydrogens is 240 g/mol. The molecule has 0 spiro atoms. The predicted molar refractivity (Wildman–Crippen MR) is 75.2 cm³/mol. The minimum absolute atomic E-state index is 0.223. The average Bonchev–Trinajstić information content (AvgIpc) is 2.68. The number of nitrogen functional groups attached to an aromatic ring is 1. The largest absolute Gasteiger partial charge is 0.476 e.